The molecule has 0 aliphatic carbocycles. The fourth-order valence-corrected chi connectivity index (χ4v) is 1.26. The lowest BCUT2D eigenvalue weighted by Gasteiger charge is -2.22. The minimum absolute atomic E-state index is 0.0319. The van der Waals surface area contributed by atoms with Crippen molar-refractivity contribution >= 4 is 0 Å². The van der Waals surface area contributed by atoms with Gasteiger partial charge in [0.1, 0.15) is 13.4 Å². The highest BCUT2D eigenvalue weighted by atomic mass is 19.4. The zero-order valence-electron chi connectivity index (χ0n) is 7.77. The molecule has 3 nitrogen and oxygen atoms in total. The standard InChI is InChI=1S/C8H14F3NO2/c9-8(10,11)5-13-6-14-7-1-3-12-4-2-7/h7,12H,1-6H2. The number of piperidine rings is 1. The van der Waals surface area contributed by atoms with Gasteiger partial charge in [0, 0.05) is 0 Å². The Morgan fingerprint density at radius 2 is 1.86 bits per heavy atom. The summed E-state index contributed by atoms with van der Waals surface area (Å²) in [5.41, 5.74) is 0. The maximum absolute atomic E-state index is 11.6. The highest BCUT2D eigenvalue weighted by molar-refractivity contribution is 4.67. The van der Waals surface area contributed by atoms with Gasteiger partial charge < -0.3 is 14.8 Å². The fourth-order valence-electron chi connectivity index (χ4n) is 1.26. The van der Waals surface area contributed by atoms with E-state index in [1.165, 1.54) is 0 Å². The molecule has 0 aromatic rings. The van der Waals surface area contributed by atoms with Crippen LogP contribution in [0.25, 0.3) is 0 Å². The number of rotatable bonds is 4. The summed E-state index contributed by atoms with van der Waals surface area (Å²) in [6, 6.07) is 0. The molecule has 1 saturated heterocycles. The molecule has 0 bridgehead atoms. The van der Waals surface area contributed by atoms with Gasteiger partial charge in [-0.2, -0.15) is 13.2 Å². The fraction of sp³-hybridized carbons (Fsp3) is 1.00. The Morgan fingerprint density at radius 1 is 1.21 bits per heavy atom. The van der Waals surface area contributed by atoms with Crippen LogP contribution in [0.1, 0.15) is 12.8 Å². The Hall–Kier alpha value is -0.330. The average molecular weight is 213 g/mol. The average Bonchev–Trinajstić information content (AvgIpc) is 2.13. The quantitative estimate of drug-likeness (QED) is 0.564. The summed E-state index contributed by atoms with van der Waals surface area (Å²) in [4.78, 5) is 0. The van der Waals surface area contributed by atoms with E-state index in [0.29, 0.717) is 0 Å². The second-order valence-electron chi connectivity index (χ2n) is 3.20. The van der Waals surface area contributed by atoms with Crippen molar-refractivity contribution in [2.24, 2.45) is 0 Å². The number of ether oxygens (including phenoxy) is 2. The summed E-state index contributed by atoms with van der Waals surface area (Å²) in [5, 5.41) is 3.13. The first-order valence-electron chi connectivity index (χ1n) is 4.55. The van der Waals surface area contributed by atoms with Gasteiger partial charge in [-0.25, -0.2) is 0 Å². The molecule has 1 N–H and O–H groups in total. The van der Waals surface area contributed by atoms with Crippen LogP contribution < -0.4 is 5.32 Å². The van der Waals surface area contributed by atoms with E-state index in [-0.39, 0.29) is 12.9 Å². The number of alkyl halides is 3. The molecule has 1 rings (SSSR count). The molecular weight excluding hydrogens is 199 g/mol. The molecular formula is C8H14F3NO2. The third kappa shape index (κ3) is 5.41. The van der Waals surface area contributed by atoms with Crippen LogP contribution in [0.4, 0.5) is 13.2 Å². The van der Waals surface area contributed by atoms with Gasteiger partial charge >= 0.3 is 6.18 Å². The molecule has 0 aromatic carbocycles. The first kappa shape index (κ1) is 11.7. The van der Waals surface area contributed by atoms with E-state index in [9.17, 15) is 13.2 Å². The van der Waals surface area contributed by atoms with Gasteiger partial charge in [0.2, 0.25) is 0 Å². The zero-order valence-corrected chi connectivity index (χ0v) is 7.77. The van der Waals surface area contributed by atoms with Crippen molar-refractivity contribution in [2.75, 3.05) is 26.5 Å². The summed E-state index contributed by atoms with van der Waals surface area (Å²) in [7, 11) is 0. The highest BCUT2D eigenvalue weighted by Crippen LogP contribution is 2.14. The molecule has 0 radical (unpaired) electrons. The van der Waals surface area contributed by atoms with Crippen LogP contribution in [-0.4, -0.2) is 38.8 Å². The van der Waals surface area contributed by atoms with Crippen LogP contribution in [0.3, 0.4) is 0 Å². The monoisotopic (exact) mass is 213 g/mol. The molecule has 1 aliphatic heterocycles. The molecule has 84 valence electrons. The molecule has 0 atom stereocenters. The third-order valence-corrected chi connectivity index (χ3v) is 1.94. The first-order chi connectivity index (χ1) is 6.58. The molecule has 0 amide bonds. The molecule has 6 heteroatoms. The largest absolute Gasteiger partial charge is 0.411 e. The maximum atomic E-state index is 11.6. The summed E-state index contributed by atoms with van der Waals surface area (Å²) < 4.78 is 44.3. The van der Waals surface area contributed by atoms with Crippen LogP contribution in [0.5, 0.6) is 0 Å². The topological polar surface area (TPSA) is 30.5 Å². The lowest BCUT2D eigenvalue weighted by atomic mass is 10.1. The van der Waals surface area contributed by atoms with Gasteiger partial charge in [-0.3, -0.25) is 0 Å². The van der Waals surface area contributed by atoms with Crippen LogP contribution >= 0.6 is 0 Å². The van der Waals surface area contributed by atoms with Gasteiger partial charge in [0.05, 0.1) is 6.10 Å². The Kier molecular flexibility index (Phi) is 4.64. The second kappa shape index (κ2) is 5.53. The number of halogens is 3. The van der Waals surface area contributed by atoms with E-state index < -0.39 is 12.8 Å². The van der Waals surface area contributed by atoms with E-state index in [4.69, 9.17) is 4.74 Å². The zero-order chi connectivity index (χ0) is 10.4. The molecule has 14 heavy (non-hydrogen) atoms. The lowest BCUT2D eigenvalue weighted by molar-refractivity contribution is -0.204. The number of hydrogen-bond acceptors (Lipinski definition) is 3. The summed E-state index contributed by atoms with van der Waals surface area (Å²) in [6.07, 6.45) is -2.58. The second-order valence-corrected chi connectivity index (χ2v) is 3.20. The minimum Gasteiger partial charge on any atom is -0.352 e. The molecule has 1 fully saturated rings. The van der Waals surface area contributed by atoms with Crippen molar-refractivity contribution in [3.63, 3.8) is 0 Å². The van der Waals surface area contributed by atoms with Crippen molar-refractivity contribution < 1.29 is 22.6 Å². The Balaban J connectivity index is 1.97. The van der Waals surface area contributed by atoms with E-state index in [0.717, 1.165) is 25.9 Å². The van der Waals surface area contributed by atoms with E-state index in [1.54, 1.807) is 0 Å². The molecule has 0 aromatic heterocycles. The normalized spacial score (nSPS) is 19.9. The van der Waals surface area contributed by atoms with E-state index >= 15 is 0 Å². The van der Waals surface area contributed by atoms with Crippen molar-refractivity contribution in [3.05, 3.63) is 0 Å². The van der Waals surface area contributed by atoms with Crippen molar-refractivity contribution in [2.45, 2.75) is 25.1 Å². The molecule has 0 spiro atoms. The van der Waals surface area contributed by atoms with Crippen LogP contribution in [0.15, 0.2) is 0 Å². The van der Waals surface area contributed by atoms with E-state index in [1.807, 2.05) is 0 Å². The van der Waals surface area contributed by atoms with Gasteiger partial charge in [-0.15, -0.1) is 0 Å². The molecule has 0 saturated carbocycles. The van der Waals surface area contributed by atoms with E-state index in [2.05, 4.69) is 10.1 Å². The summed E-state index contributed by atoms with van der Waals surface area (Å²) >= 11 is 0. The van der Waals surface area contributed by atoms with Gasteiger partial charge in [0.15, 0.2) is 0 Å². The summed E-state index contributed by atoms with van der Waals surface area (Å²) in [5.74, 6) is 0. The number of hydrogen-bond donors (Lipinski definition) is 1. The molecule has 1 aliphatic rings. The Labute approximate surface area is 80.6 Å². The number of nitrogens with one attached hydrogen (secondary N) is 1. The van der Waals surface area contributed by atoms with Gasteiger partial charge in [-0.1, -0.05) is 0 Å². The molecule has 1 heterocycles. The van der Waals surface area contributed by atoms with Gasteiger partial charge in [0.25, 0.3) is 0 Å². The highest BCUT2D eigenvalue weighted by Gasteiger charge is 2.27. The van der Waals surface area contributed by atoms with Crippen LogP contribution in [0.2, 0.25) is 0 Å². The predicted octanol–water partition coefficient (Wildman–Crippen LogP) is 1.29. The van der Waals surface area contributed by atoms with Crippen molar-refractivity contribution in [1.82, 2.24) is 5.32 Å². The Bertz CT molecular complexity index is 157. The van der Waals surface area contributed by atoms with Crippen LogP contribution in [-0.2, 0) is 9.47 Å². The van der Waals surface area contributed by atoms with Crippen LogP contribution in [0, 0.1) is 0 Å². The SMILES string of the molecule is FC(F)(F)COCOC1CCNCC1. The first-order valence-corrected chi connectivity index (χ1v) is 4.55. The lowest BCUT2D eigenvalue weighted by Crippen LogP contribution is -2.33. The third-order valence-electron chi connectivity index (χ3n) is 1.94. The Morgan fingerprint density at radius 3 is 2.43 bits per heavy atom. The van der Waals surface area contributed by atoms with Crippen molar-refractivity contribution in [3.8, 4) is 0 Å². The summed E-state index contributed by atoms with van der Waals surface area (Å²) in [6.45, 7) is 0.190. The maximum Gasteiger partial charge on any atom is 0.411 e. The molecule has 0 unspecified atom stereocenters. The van der Waals surface area contributed by atoms with Gasteiger partial charge in [-0.05, 0) is 25.9 Å². The predicted molar refractivity (Wildman–Crippen MR) is 43.9 cm³/mol. The smallest absolute Gasteiger partial charge is 0.352 e. The van der Waals surface area contributed by atoms with Crippen molar-refractivity contribution in [1.29, 1.82) is 0 Å². The minimum atomic E-state index is -4.27.